The lowest BCUT2D eigenvalue weighted by molar-refractivity contribution is 0.434. The number of aryl methyl sites for hydroxylation is 2. The predicted molar refractivity (Wildman–Crippen MR) is 96.5 cm³/mol. The number of anilines is 3. The van der Waals surface area contributed by atoms with Crippen molar-refractivity contribution in [2.75, 3.05) is 23.3 Å². The van der Waals surface area contributed by atoms with Gasteiger partial charge in [0.1, 0.15) is 5.82 Å². The van der Waals surface area contributed by atoms with Crippen molar-refractivity contribution in [2.24, 2.45) is 5.92 Å². The summed E-state index contributed by atoms with van der Waals surface area (Å²) in [6, 6.07) is 10.4. The average Bonchev–Trinajstić information content (AvgIpc) is 2.55. The second-order valence-electron chi connectivity index (χ2n) is 6.50. The second-order valence-corrected chi connectivity index (χ2v) is 6.50. The van der Waals surface area contributed by atoms with Crippen LogP contribution in [0.1, 0.15) is 37.9 Å². The molecule has 4 heteroatoms. The maximum absolute atomic E-state index is 4.76. The van der Waals surface area contributed by atoms with Gasteiger partial charge < -0.3 is 10.2 Å². The molecule has 4 nitrogen and oxygen atoms in total. The molecule has 1 fully saturated rings. The largest absolute Gasteiger partial charge is 0.341 e. The van der Waals surface area contributed by atoms with E-state index >= 15 is 0 Å². The number of para-hydroxylation sites is 1. The zero-order valence-corrected chi connectivity index (χ0v) is 14.3. The fourth-order valence-electron chi connectivity index (χ4n) is 3.06. The Labute approximate surface area is 139 Å². The van der Waals surface area contributed by atoms with Crippen LogP contribution in [-0.2, 0) is 6.42 Å². The van der Waals surface area contributed by atoms with E-state index in [1.54, 1.807) is 0 Å². The van der Waals surface area contributed by atoms with Crippen molar-refractivity contribution in [2.45, 2.75) is 40.0 Å². The highest BCUT2D eigenvalue weighted by Gasteiger charge is 2.18. The number of benzene rings is 1. The van der Waals surface area contributed by atoms with Crippen molar-refractivity contribution in [3.8, 4) is 0 Å². The number of hydrogen-bond donors (Lipinski definition) is 1. The lowest BCUT2D eigenvalue weighted by Gasteiger charge is -2.30. The highest BCUT2D eigenvalue weighted by Crippen LogP contribution is 2.24. The van der Waals surface area contributed by atoms with E-state index in [1.165, 1.54) is 18.4 Å². The van der Waals surface area contributed by atoms with Crippen molar-refractivity contribution in [1.82, 2.24) is 9.97 Å². The summed E-state index contributed by atoms with van der Waals surface area (Å²) in [5.74, 6) is 2.55. The van der Waals surface area contributed by atoms with Crippen molar-refractivity contribution < 1.29 is 0 Å². The third kappa shape index (κ3) is 3.81. The summed E-state index contributed by atoms with van der Waals surface area (Å²) >= 11 is 0. The van der Waals surface area contributed by atoms with E-state index in [2.05, 4.69) is 53.3 Å². The van der Waals surface area contributed by atoms with Crippen LogP contribution in [-0.4, -0.2) is 23.1 Å². The van der Waals surface area contributed by atoms with Gasteiger partial charge in [0.2, 0.25) is 5.95 Å². The number of nitrogens with zero attached hydrogens (tertiary/aromatic N) is 3. The fraction of sp³-hybridized carbons (Fsp3) is 0.474. The Morgan fingerprint density at radius 3 is 2.65 bits per heavy atom. The molecule has 1 aromatic carbocycles. The highest BCUT2D eigenvalue weighted by atomic mass is 15.3. The number of rotatable bonds is 4. The standard InChI is InChI=1S/C19H26N4/c1-4-16-7-5-6-8-17(16)21-18-13-15(3)20-19(22-18)23-11-9-14(2)10-12-23/h5-8,13-14H,4,9-12H2,1-3H3,(H,20,21,22). The third-order valence-electron chi connectivity index (χ3n) is 4.57. The SMILES string of the molecule is CCc1ccccc1Nc1cc(C)nc(N2CCC(C)CC2)n1. The Bertz CT molecular complexity index is 660. The van der Waals surface area contributed by atoms with Crippen LogP contribution in [0.25, 0.3) is 0 Å². The molecule has 3 rings (SSSR count). The first-order valence-corrected chi connectivity index (χ1v) is 8.61. The van der Waals surface area contributed by atoms with Crippen LogP contribution < -0.4 is 10.2 Å². The molecule has 1 N–H and O–H groups in total. The van der Waals surface area contributed by atoms with Crippen LogP contribution in [0.15, 0.2) is 30.3 Å². The monoisotopic (exact) mass is 310 g/mol. The molecule has 0 atom stereocenters. The Kier molecular flexibility index (Phi) is 4.79. The number of hydrogen-bond acceptors (Lipinski definition) is 4. The zero-order valence-electron chi connectivity index (χ0n) is 14.3. The van der Waals surface area contributed by atoms with Crippen LogP contribution in [0.5, 0.6) is 0 Å². The van der Waals surface area contributed by atoms with Gasteiger partial charge in [-0.2, -0.15) is 4.98 Å². The van der Waals surface area contributed by atoms with Crippen molar-refractivity contribution in [1.29, 1.82) is 0 Å². The maximum atomic E-state index is 4.76. The predicted octanol–water partition coefficient (Wildman–Crippen LogP) is 4.33. The van der Waals surface area contributed by atoms with Gasteiger partial charge >= 0.3 is 0 Å². The smallest absolute Gasteiger partial charge is 0.227 e. The molecule has 23 heavy (non-hydrogen) atoms. The Morgan fingerprint density at radius 2 is 1.91 bits per heavy atom. The van der Waals surface area contributed by atoms with Crippen molar-refractivity contribution in [3.63, 3.8) is 0 Å². The molecule has 0 saturated carbocycles. The maximum Gasteiger partial charge on any atom is 0.227 e. The van der Waals surface area contributed by atoms with Gasteiger partial charge in [-0.25, -0.2) is 4.98 Å². The topological polar surface area (TPSA) is 41.1 Å². The second kappa shape index (κ2) is 6.99. The molecule has 122 valence electrons. The molecule has 0 unspecified atom stereocenters. The quantitative estimate of drug-likeness (QED) is 0.912. The summed E-state index contributed by atoms with van der Waals surface area (Å²) < 4.78 is 0. The normalized spacial score (nSPS) is 15.7. The summed E-state index contributed by atoms with van der Waals surface area (Å²) in [7, 11) is 0. The molecule has 1 aliphatic heterocycles. The minimum atomic E-state index is 0.810. The van der Waals surface area contributed by atoms with E-state index in [-0.39, 0.29) is 0 Å². The molecule has 1 aliphatic rings. The van der Waals surface area contributed by atoms with Gasteiger partial charge in [-0.15, -0.1) is 0 Å². The highest BCUT2D eigenvalue weighted by molar-refractivity contribution is 5.61. The molecule has 0 aliphatic carbocycles. The van der Waals surface area contributed by atoms with Gasteiger partial charge in [0.15, 0.2) is 0 Å². The van der Waals surface area contributed by atoms with E-state index in [9.17, 15) is 0 Å². The third-order valence-corrected chi connectivity index (χ3v) is 4.57. The first-order valence-electron chi connectivity index (χ1n) is 8.61. The van der Waals surface area contributed by atoms with Crippen molar-refractivity contribution >= 4 is 17.5 Å². The minimum absolute atomic E-state index is 0.810. The first kappa shape index (κ1) is 15.8. The van der Waals surface area contributed by atoms with Gasteiger partial charge in [0.05, 0.1) is 0 Å². The van der Waals surface area contributed by atoms with E-state index in [0.717, 1.165) is 48.6 Å². The summed E-state index contributed by atoms with van der Waals surface area (Å²) in [6.07, 6.45) is 3.45. The summed E-state index contributed by atoms with van der Waals surface area (Å²) in [6.45, 7) is 8.63. The Balaban J connectivity index is 1.83. The molecule has 0 radical (unpaired) electrons. The van der Waals surface area contributed by atoms with E-state index < -0.39 is 0 Å². The van der Waals surface area contributed by atoms with Gasteiger partial charge in [-0.3, -0.25) is 0 Å². The lowest BCUT2D eigenvalue weighted by Crippen LogP contribution is -2.34. The van der Waals surface area contributed by atoms with Crippen molar-refractivity contribution in [3.05, 3.63) is 41.6 Å². The van der Waals surface area contributed by atoms with Crippen LogP contribution in [0, 0.1) is 12.8 Å². The number of nitrogens with one attached hydrogen (secondary N) is 1. The van der Waals surface area contributed by atoms with Gasteiger partial charge in [0.25, 0.3) is 0 Å². The summed E-state index contributed by atoms with van der Waals surface area (Å²) in [5.41, 5.74) is 3.44. The van der Waals surface area contributed by atoms with Crippen LogP contribution in [0.3, 0.4) is 0 Å². The average molecular weight is 310 g/mol. The fourth-order valence-corrected chi connectivity index (χ4v) is 3.06. The molecule has 0 amide bonds. The van der Waals surface area contributed by atoms with E-state index in [4.69, 9.17) is 4.98 Å². The van der Waals surface area contributed by atoms with Crippen LogP contribution in [0.4, 0.5) is 17.5 Å². The molecule has 0 bridgehead atoms. The zero-order chi connectivity index (χ0) is 16.2. The van der Waals surface area contributed by atoms with Gasteiger partial charge in [0, 0.05) is 30.5 Å². The molecular weight excluding hydrogens is 284 g/mol. The Hall–Kier alpha value is -2.10. The Morgan fingerprint density at radius 1 is 1.17 bits per heavy atom. The summed E-state index contributed by atoms with van der Waals surface area (Å²) in [5, 5.41) is 3.47. The number of piperidine rings is 1. The summed E-state index contributed by atoms with van der Waals surface area (Å²) in [4.78, 5) is 11.7. The van der Waals surface area contributed by atoms with Gasteiger partial charge in [-0.05, 0) is 43.7 Å². The minimum Gasteiger partial charge on any atom is -0.341 e. The van der Waals surface area contributed by atoms with E-state index in [0.29, 0.717) is 0 Å². The molecule has 2 heterocycles. The number of aromatic nitrogens is 2. The molecule has 1 aromatic heterocycles. The molecular formula is C19H26N4. The molecule has 0 spiro atoms. The van der Waals surface area contributed by atoms with Gasteiger partial charge in [-0.1, -0.05) is 32.0 Å². The lowest BCUT2D eigenvalue weighted by atomic mass is 10.00. The molecule has 2 aromatic rings. The van der Waals surface area contributed by atoms with Crippen LogP contribution in [0.2, 0.25) is 0 Å². The van der Waals surface area contributed by atoms with E-state index in [1.807, 2.05) is 13.0 Å². The molecule has 1 saturated heterocycles. The van der Waals surface area contributed by atoms with Crippen LogP contribution >= 0.6 is 0 Å². The first-order chi connectivity index (χ1) is 11.2.